The lowest BCUT2D eigenvalue weighted by Crippen LogP contribution is -2.04. The maximum atomic E-state index is 9.04. The van der Waals surface area contributed by atoms with Gasteiger partial charge in [-0.3, -0.25) is 4.57 Å². The Labute approximate surface area is 184 Å². The number of fused-ring (bicyclic) bond motifs is 1. The van der Waals surface area contributed by atoms with E-state index in [1.807, 2.05) is 53.1 Å². The van der Waals surface area contributed by atoms with Crippen molar-refractivity contribution < 1.29 is 0 Å². The van der Waals surface area contributed by atoms with Crippen molar-refractivity contribution in [2.75, 3.05) is 11.1 Å². The van der Waals surface area contributed by atoms with E-state index < -0.39 is 0 Å². The summed E-state index contributed by atoms with van der Waals surface area (Å²) in [7, 11) is 0. The van der Waals surface area contributed by atoms with Crippen LogP contribution in [0.5, 0.6) is 0 Å². The molecule has 4 aromatic heterocycles. The predicted molar refractivity (Wildman–Crippen MR) is 123 cm³/mol. The van der Waals surface area contributed by atoms with Crippen molar-refractivity contribution >= 4 is 22.8 Å². The second-order valence-corrected chi connectivity index (χ2v) is 7.11. The molecule has 3 N–H and O–H groups in total. The zero-order chi connectivity index (χ0) is 21.9. The second-order valence-electron chi connectivity index (χ2n) is 7.11. The molecule has 0 aliphatic rings. The van der Waals surface area contributed by atoms with Crippen LogP contribution in [0.1, 0.15) is 11.1 Å². The number of aromatic nitrogens is 5. The standard InChI is InChI=1S/C24H18N8/c25-14-17-9-12-27-21(13-17)30-15-16-5-7-18(8-6-16)32-23(19-3-1-10-28-22(19)26)31-20-4-2-11-29-24(20)32/h1-13H,15H2,(H2,26,28)(H,27,30). The highest BCUT2D eigenvalue weighted by atomic mass is 15.1. The molecule has 5 rings (SSSR count). The van der Waals surface area contributed by atoms with Crippen LogP contribution in [0, 0.1) is 11.3 Å². The molecule has 0 aliphatic carbocycles. The van der Waals surface area contributed by atoms with Gasteiger partial charge in [0.1, 0.15) is 17.2 Å². The summed E-state index contributed by atoms with van der Waals surface area (Å²) >= 11 is 0. The molecule has 0 radical (unpaired) electrons. The maximum Gasteiger partial charge on any atom is 0.164 e. The van der Waals surface area contributed by atoms with Gasteiger partial charge in [-0.15, -0.1) is 0 Å². The van der Waals surface area contributed by atoms with E-state index in [0.29, 0.717) is 29.6 Å². The summed E-state index contributed by atoms with van der Waals surface area (Å²) in [6, 6.07) is 21.1. The Balaban J connectivity index is 1.49. The van der Waals surface area contributed by atoms with Crippen LogP contribution >= 0.6 is 0 Å². The Morgan fingerprint density at radius 3 is 2.56 bits per heavy atom. The molecule has 0 atom stereocenters. The number of hydrogen-bond acceptors (Lipinski definition) is 7. The number of pyridine rings is 3. The fourth-order valence-electron chi connectivity index (χ4n) is 3.50. The summed E-state index contributed by atoms with van der Waals surface area (Å²) in [5.41, 5.74) is 11.0. The largest absolute Gasteiger partial charge is 0.383 e. The number of nitrogen functional groups attached to an aromatic ring is 1. The Morgan fingerprint density at radius 2 is 1.75 bits per heavy atom. The highest BCUT2D eigenvalue weighted by molar-refractivity contribution is 5.82. The molecule has 32 heavy (non-hydrogen) atoms. The van der Waals surface area contributed by atoms with Gasteiger partial charge in [-0.1, -0.05) is 12.1 Å². The van der Waals surface area contributed by atoms with Crippen molar-refractivity contribution in [2.24, 2.45) is 0 Å². The van der Waals surface area contributed by atoms with Crippen molar-refractivity contribution in [3.8, 4) is 23.1 Å². The van der Waals surface area contributed by atoms with Gasteiger partial charge < -0.3 is 11.1 Å². The third-order valence-electron chi connectivity index (χ3n) is 5.05. The van der Waals surface area contributed by atoms with Crippen molar-refractivity contribution in [3.63, 3.8) is 0 Å². The molecule has 0 amide bonds. The van der Waals surface area contributed by atoms with Crippen molar-refractivity contribution in [1.82, 2.24) is 24.5 Å². The number of anilines is 2. The number of benzene rings is 1. The first-order valence-electron chi connectivity index (χ1n) is 9.96. The van der Waals surface area contributed by atoms with Gasteiger partial charge in [0.25, 0.3) is 0 Å². The fourth-order valence-corrected chi connectivity index (χ4v) is 3.50. The minimum absolute atomic E-state index is 0.414. The predicted octanol–water partition coefficient (Wildman–Crippen LogP) is 3.94. The average Bonchev–Trinajstić information content (AvgIpc) is 3.23. The van der Waals surface area contributed by atoms with Gasteiger partial charge in [0, 0.05) is 30.8 Å². The van der Waals surface area contributed by atoms with Crippen LogP contribution in [0.3, 0.4) is 0 Å². The van der Waals surface area contributed by atoms with Gasteiger partial charge in [0.05, 0.1) is 17.2 Å². The normalized spacial score (nSPS) is 10.7. The van der Waals surface area contributed by atoms with Crippen molar-refractivity contribution in [3.05, 3.63) is 90.4 Å². The van der Waals surface area contributed by atoms with Crippen LogP contribution in [0.2, 0.25) is 0 Å². The lowest BCUT2D eigenvalue weighted by molar-refractivity contribution is 1.06. The molecule has 5 aromatic rings. The van der Waals surface area contributed by atoms with Crippen LogP contribution in [0.4, 0.5) is 11.6 Å². The number of imidazole rings is 1. The second kappa shape index (κ2) is 8.16. The minimum atomic E-state index is 0.414. The molecule has 0 fully saturated rings. The van der Waals surface area contributed by atoms with Gasteiger partial charge in [-0.25, -0.2) is 19.9 Å². The van der Waals surface area contributed by atoms with E-state index in [9.17, 15) is 0 Å². The number of nitrogens with zero attached hydrogens (tertiary/aromatic N) is 6. The van der Waals surface area contributed by atoms with Gasteiger partial charge in [0.15, 0.2) is 11.5 Å². The summed E-state index contributed by atoms with van der Waals surface area (Å²) in [6.45, 7) is 0.577. The first-order chi connectivity index (χ1) is 15.7. The number of nitriles is 1. The molecule has 8 nitrogen and oxygen atoms in total. The lowest BCUT2D eigenvalue weighted by atomic mass is 10.2. The zero-order valence-electron chi connectivity index (χ0n) is 17.0. The van der Waals surface area contributed by atoms with Gasteiger partial charge in [0.2, 0.25) is 0 Å². The van der Waals surface area contributed by atoms with Crippen LogP contribution in [0.25, 0.3) is 28.2 Å². The number of nitrogens with one attached hydrogen (secondary N) is 1. The molecule has 154 valence electrons. The Bertz CT molecular complexity index is 1450. The highest BCUT2D eigenvalue weighted by Crippen LogP contribution is 2.30. The smallest absolute Gasteiger partial charge is 0.164 e. The van der Waals surface area contributed by atoms with Gasteiger partial charge >= 0.3 is 0 Å². The Morgan fingerprint density at radius 1 is 0.938 bits per heavy atom. The molecule has 1 aromatic carbocycles. The van der Waals surface area contributed by atoms with Crippen LogP contribution in [-0.4, -0.2) is 24.5 Å². The van der Waals surface area contributed by atoms with E-state index in [0.717, 1.165) is 28.0 Å². The lowest BCUT2D eigenvalue weighted by Gasteiger charge is -2.11. The van der Waals surface area contributed by atoms with E-state index >= 15 is 0 Å². The van der Waals surface area contributed by atoms with E-state index in [4.69, 9.17) is 16.0 Å². The van der Waals surface area contributed by atoms with E-state index in [1.165, 1.54) is 0 Å². The number of rotatable bonds is 5. The highest BCUT2D eigenvalue weighted by Gasteiger charge is 2.17. The topological polar surface area (TPSA) is 118 Å². The first kappa shape index (κ1) is 19.2. The molecule has 0 unspecified atom stereocenters. The number of hydrogen-bond donors (Lipinski definition) is 2. The van der Waals surface area contributed by atoms with E-state index in [1.54, 1.807) is 30.7 Å². The first-order valence-corrected chi connectivity index (χ1v) is 9.96. The molecule has 0 saturated heterocycles. The molecule has 4 heterocycles. The van der Waals surface area contributed by atoms with Gasteiger partial charge in [-0.2, -0.15) is 5.26 Å². The third-order valence-corrected chi connectivity index (χ3v) is 5.05. The molecular weight excluding hydrogens is 400 g/mol. The Kier molecular flexibility index (Phi) is 4.90. The molecule has 0 saturated carbocycles. The van der Waals surface area contributed by atoms with Crippen LogP contribution in [-0.2, 0) is 6.54 Å². The molecule has 0 aliphatic heterocycles. The molecule has 0 spiro atoms. The summed E-state index contributed by atoms with van der Waals surface area (Å²) in [5, 5.41) is 12.3. The van der Waals surface area contributed by atoms with Crippen LogP contribution in [0.15, 0.2) is 79.3 Å². The molecular formula is C24H18N8. The SMILES string of the molecule is N#Cc1ccnc(NCc2ccc(-n3c(-c4cccnc4N)nc4cccnc43)cc2)c1. The zero-order valence-corrected chi connectivity index (χ0v) is 17.0. The quantitative estimate of drug-likeness (QED) is 0.444. The summed E-state index contributed by atoms with van der Waals surface area (Å²) in [4.78, 5) is 17.8. The number of nitrogens with two attached hydrogens (primary N) is 1. The average molecular weight is 418 g/mol. The van der Waals surface area contributed by atoms with Crippen molar-refractivity contribution in [1.29, 1.82) is 5.26 Å². The molecule has 8 heteroatoms. The fraction of sp³-hybridized carbons (Fsp3) is 0.0417. The summed E-state index contributed by atoms with van der Waals surface area (Å²) in [6.07, 6.45) is 5.03. The van der Waals surface area contributed by atoms with E-state index in [-0.39, 0.29) is 0 Å². The Hall–Kier alpha value is -4.77. The third kappa shape index (κ3) is 3.59. The summed E-state index contributed by atoms with van der Waals surface area (Å²) < 4.78 is 1.98. The molecule has 0 bridgehead atoms. The summed E-state index contributed by atoms with van der Waals surface area (Å²) in [5.74, 6) is 1.76. The van der Waals surface area contributed by atoms with Gasteiger partial charge in [-0.05, 0) is 54.1 Å². The maximum absolute atomic E-state index is 9.04. The van der Waals surface area contributed by atoms with Crippen molar-refractivity contribution in [2.45, 2.75) is 6.54 Å². The van der Waals surface area contributed by atoms with E-state index in [2.05, 4.69) is 26.3 Å². The monoisotopic (exact) mass is 418 g/mol. The minimum Gasteiger partial charge on any atom is -0.383 e. The van der Waals surface area contributed by atoms with Crippen LogP contribution < -0.4 is 11.1 Å².